The second-order valence-corrected chi connectivity index (χ2v) is 5.37. The Morgan fingerprint density at radius 2 is 1.25 bits per heavy atom. The van der Waals surface area contributed by atoms with Gasteiger partial charge < -0.3 is 4.74 Å². The van der Waals surface area contributed by atoms with Gasteiger partial charge >= 0.3 is 0 Å². The maximum atomic E-state index is 5.89. The van der Waals surface area contributed by atoms with Crippen molar-refractivity contribution in [3.05, 3.63) is 83.3 Å². The molecule has 98 valence electrons. The molecule has 0 radical (unpaired) electrons. The molecule has 0 amide bonds. The summed E-state index contributed by atoms with van der Waals surface area (Å²) in [7, 11) is 0. The van der Waals surface area contributed by atoms with Crippen LogP contribution in [0.2, 0.25) is 0 Å². The first-order chi connectivity index (χ1) is 9.81. The van der Waals surface area contributed by atoms with Crippen LogP contribution in [0.15, 0.2) is 83.3 Å². The first-order valence-corrected chi connectivity index (χ1v) is 7.19. The maximum absolute atomic E-state index is 5.89. The predicted molar refractivity (Wildman–Crippen MR) is 86.1 cm³/mol. The lowest BCUT2D eigenvalue weighted by Gasteiger charge is -2.09. The highest BCUT2D eigenvalue weighted by molar-refractivity contribution is 9.10. The Balaban J connectivity index is 1.95. The highest BCUT2D eigenvalue weighted by Crippen LogP contribution is 2.31. The summed E-state index contributed by atoms with van der Waals surface area (Å²) in [5.74, 6) is 1.66. The Morgan fingerprint density at radius 1 is 0.600 bits per heavy atom. The molecule has 2 heteroatoms. The van der Waals surface area contributed by atoms with Gasteiger partial charge in [0.05, 0.1) is 0 Å². The molecule has 0 unspecified atom stereocenters. The van der Waals surface area contributed by atoms with Crippen molar-refractivity contribution in [2.45, 2.75) is 0 Å². The molecule has 3 aromatic rings. The SMILES string of the molecule is Brc1cc(Oc2ccccc2)cc(-c2ccccc2)c1. The third-order valence-electron chi connectivity index (χ3n) is 2.96. The molecule has 1 nitrogen and oxygen atoms in total. The number of rotatable bonds is 3. The van der Waals surface area contributed by atoms with Crippen molar-refractivity contribution in [3.8, 4) is 22.6 Å². The molecule has 0 aliphatic carbocycles. The van der Waals surface area contributed by atoms with Crippen molar-refractivity contribution in [3.63, 3.8) is 0 Å². The predicted octanol–water partition coefficient (Wildman–Crippen LogP) is 5.91. The van der Waals surface area contributed by atoms with Crippen LogP contribution < -0.4 is 4.74 Å². The van der Waals surface area contributed by atoms with Crippen molar-refractivity contribution < 1.29 is 4.74 Å². The second-order valence-electron chi connectivity index (χ2n) is 4.46. The van der Waals surface area contributed by atoms with Crippen molar-refractivity contribution >= 4 is 15.9 Å². The Bertz CT molecular complexity index is 693. The fourth-order valence-electron chi connectivity index (χ4n) is 2.04. The van der Waals surface area contributed by atoms with Crippen LogP contribution in [0.4, 0.5) is 0 Å². The summed E-state index contributed by atoms with van der Waals surface area (Å²) in [6.45, 7) is 0. The van der Waals surface area contributed by atoms with E-state index in [4.69, 9.17) is 4.74 Å². The standard InChI is InChI=1S/C18H13BrO/c19-16-11-15(14-7-3-1-4-8-14)12-18(13-16)20-17-9-5-2-6-10-17/h1-13H. The molecule has 20 heavy (non-hydrogen) atoms. The Labute approximate surface area is 127 Å². The number of halogens is 1. The van der Waals surface area contributed by atoms with Gasteiger partial charge in [-0.1, -0.05) is 64.5 Å². The third-order valence-corrected chi connectivity index (χ3v) is 3.42. The molecule has 0 saturated heterocycles. The van der Waals surface area contributed by atoms with Crippen LogP contribution in [-0.4, -0.2) is 0 Å². The van der Waals surface area contributed by atoms with Crippen LogP contribution in [0.5, 0.6) is 11.5 Å². The van der Waals surface area contributed by atoms with Crippen molar-refractivity contribution in [2.24, 2.45) is 0 Å². The molecule has 0 fully saturated rings. The lowest BCUT2D eigenvalue weighted by atomic mass is 10.1. The first-order valence-electron chi connectivity index (χ1n) is 6.40. The zero-order valence-electron chi connectivity index (χ0n) is 10.8. The number of hydrogen-bond acceptors (Lipinski definition) is 1. The summed E-state index contributed by atoms with van der Waals surface area (Å²) in [5.41, 5.74) is 2.30. The van der Waals surface area contributed by atoms with Crippen molar-refractivity contribution in [1.29, 1.82) is 0 Å². The van der Waals surface area contributed by atoms with E-state index in [1.54, 1.807) is 0 Å². The maximum Gasteiger partial charge on any atom is 0.129 e. The fraction of sp³-hybridized carbons (Fsp3) is 0. The summed E-state index contributed by atoms with van der Waals surface area (Å²) >= 11 is 3.54. The molecular weight excluding hydrogens is 312 g/mol. The molecule has 0 atom stereocenters. The van der Waals surface area contributed by atoms with E-state index in [9.17, 15) is 0 Å². The Hall–Kier alpha value is -2.06. The van der Waals surface area contributed by atoms with Crippen molar-refractivity contribution in [2.75, 3.05) is 0 Å². The van der Waals surface area contributed by atoms with Gasteiger partial charge in [0, 0.05) is 4.47 Å². The third kappa shape index (κ3) is 3.09. The van der Waals surface area contributed by atoms with E-state index in [0.29, 0.717) is 0 Å². The van der Waals surface area contributed by atoms with Crippen LogP contribution >= 0.6 is 15.9 Å². The minimum absolute atomic E-state index is 0.824. The highest BCUT2D eigenvalue weighted by Gasteiger charge is 2.03. The molecule has 3 rings (SSSR count). The van der Waals surface area contributed by atoms with Crippen LogP contribution in [0.3, 0.4) is 0 Å². The fourth-order valence-corrected chi connectivity index (χ4v) is 2.52. The van der Waals surface area contributed by atoms with E-state index in [0.717, 1.165) is 21.5 Å². The molecule has 0 heterocycles. The monoisotopic (exact) mass is 324 g/mol. The normalized spacial score (nSPS) is 10.2. The van der Waals surface area contributed by atoms with Crippen LogP contribution in [-0.2, 0) is 0 Å². The van der Waals surface area contributed by atoms with Gasteiger partial charge in [-0.25, -0.2) is 0 Å². The Kier molecular flexibility index (Phi) is 3.84. The number of benzene rings is 3. The van der Waals surface area contributed by atoms with Crippen LogP contribution in [0.25, 0.3) is 11.1 Å². The summed E-state index contributed by atoms with van der Waals surface area (Å²) in [6.07, 6.45) is 0. The molecule has 0 aliphatic heterocycles. The number of para-hydroxylation sites is 1. The topological polar surface area (TPSA) is 9.23 Å². The average Bonchev–Trinajstić information content (AvgIpc) is 2.49. The molecule has 0 aromatic heterocycles. The molecule has 0 bridgehead atoms. The van der Waals surface area contributed by atoms with E-state index in [2.05, 4.69) is 34.1 Å². The van der Waals surface area contributed by atoms with E-state index >= 15 is 0 Å². The van der Waals surface area contributed by atoms with Gasteiger partial charge in [-0.3, -0.25) is 0 Å². The minimum atomic E-state index is 0.824. The van der Waals surface area contributed by atoms with Gasteiger partial charge in [-0.15, -0.1) is 0 Å². The van der Waals surface area contributed by atoms with Gasteiger partial charge in [0.15, 0.2) is 0 Å². The van der Waals surface area contributed by atoms with E-state index in [-0.39, 0.29) is 0 Å². The molecule has 0 N–H and O–H groups in total. The van der Waals surface area contributed by atoms with Gasteiger partial charge in [0.25, 0.3) is 0 Å². The second kappa shape index (κ2) is 5.93. The van der Waals surface area contributed by atoms with Gasteiger partial charge in [0.2, 0.25) is 0 Å². The summed E-state index contributed by atoms with van der Waals surface area (Å²) in [4.78, 5) is 0. The molecular formula is C18H13BrO. The lowest BCUT2D eigenvalue weighted by Crippen LogP contribution is -1.85. The van der Waals surface area contributed by atoms with Crippen LogP contribution in [0, 0.1) is 0 Å². The van der Waals surface area contributed by atoms with Crippen molar-refractivity contribution in [1.82, 2.24) is 0 Å². The molecule has 0 aliphatic rings. The zero-order valence-corrected chi connectivity index (χ0v) is 12.4. The highest BCUT2D eigenvalue weighted by atomic mass is 79.9. The quantitative estimate of drug-likeness (QED) is 0.582. The Morgan fingerprint density at radius 3 is 1.95 bits per heavy atom. The van der Waals surface area contributed by atoms with Gasteiger partial charge in [-0.05, 0) is 41.5 Å². The lowest BCUT2D eigenvalue weighted by molar-refractivity contribution is 0.482. The number of hydrogen-bond donors (Lipinski definition) is 0. The average molecular weight is 325 g/mol. The van der Waals surface area contributed by atoms with Gasteiger partial charge in [0.1, 0.15) is 11.5 Å². The van der Waals surface area contributed by atoms with Gasteiger partial charge in [-0.2, -0.15) is 0 Å². The number of ether oxygens (including phenoxy) is 1. The largest absolute Gasteiger partial charge is 0.457 e. The van der Waals surface area contributed by atoms with E-state index in [1.807, 2.05) is 60.7 Å². The summed E-state index contributed by atoms with van der Waals surface area (Å²) in [6, 6.07) is 26.2. The molecule has 0 saturated carbocycles. The van der Waals surface area contributed by atoms with Crippen LogP contribution in [0.1, 0.15) is 0 Å². The van der Waals surface area contributed by atoms with E-state index in [1.165, 1.54) is 5.56 Å². The zero-order chi connectivity index (χ0) is 13.8. The summed E-state index contributed by atoms with van der Waals surface area (Å²) < 4.78 is 6.90. The summed E-state index contributed by atoms with van der Waals surface area (Å²) in [5, 5.41) is 0. The minimum Gasteiger partial charge on any atom is -0.457 e. The smallest absolute Gasteiger partial charge is 0.129 e. The molecule has 0 spiro atoms. The van der Waals surface area contributed by atoms with E-state index < -0.39 is 0 Å². The molecule has 3 aromatic carbocycles. The first kappa shape index (κ1) is 12.9.